The van der Waals surface area contributed by atoms with Crippen LogP contribution in [0.1, 0.15) is 32.3 Å². The maximum Gasteiger partial charge on any atom is 0.127 e. The summed E-state index contributed by atoms with van der Waals surface area (Å²) in [5, 5.41) is 0. The zero-order valence-electron chi connectivity index (χ0n) is 11.8. The molecule has 1 aromatic heterocycles. The molecule has 1 aliphatic rings. The number of nitrogens with zero attached hydrogens (tertiary/aromatic N) is 1. The van der Waals surface area contributed by atoms with Crippen molar-refractivity contribution in [3.05, 3.63) is 30.1 Å². The highest BCUT2D eigenvalue weighted by Gasteiger charge is 2.27. The van der Waals surface area contributed by atoms with Crippen molar-refractivity contribution in [2.75, 3.05) is 26.2 Å². The molecule has 0 spiro atoms. The molecule has 2 N–H and O–H groups in total. The fourth-order valence-electron chi connectivity index (χ4n) is 3.17. The second-order valence-corrected chi connectivity index (χ2v) is 5.45. The van der Waals surface area contributed by atoms with Crippen molar-refractivity contribution in [2.45, 2.75) is 39.3 Å². The van der Waals surface area contributed by atoms with Gasteiger partial charge in [0.05, 0.1) is 6.04 Å². The van der Waals surface area contributed by atoms with Gasteiger partial charge in [-0.3, -0.25) is 4.98 Å². The van der Waals surface area contributed by atoms with Crippen LogP contribution in [0.25, 0.3) is 0 Å². The number of nitrogens with one attached hydrogen (secondary N) is 2. The molecule has 1 fully saturated rings. The second kappa shape index (κ2) is 6.86. The van der Waals surface area contributed by atoms with Crippen LogP contribution < -0.4 is 9.80 Å². The molecule has 0 atom stereocenters. The van der Waals surface area contributed by atoms with E-state index in [1.165, 1.54) is 51.1 Å². The van der Waals surface area contributed by atoms with Crippen molar-refractivity contribution in [1.82, 2.24) is 4.98 Å². The first-order valence-corrected chi connectivity index (χ1v) is 7.40. The number of quaternary nitrogens is 2. The SMILES string of the molecule is CCC(CC)[NH+]1CC[NH+](Cc2ccncc2)CC1. The lowest BCUT2D eigenvalue weighted by Crippen LogP contribution is -3.29. The van der Waals surface area contributed by atoms with Gasteiger partial charge in [-0.05, 0) is 25.0 Å². The van der Waals surface area contributed by atoms with Gasteiger partial charge in [-0.15, -0.1) is 0 Å². The van der Waals surface area contributed by atoms with Gasteiger partial charge in [0, 0.05) is 18.0 Å². The van der Waals surface area contributed by atoms with E-state index in [4.69, 9.17) is 0 Å². The van der Waals surface area contributed by atoms with Gasteiger partial charge >= 0.3 is 0 Å². The van der Waals surface area contributed by atoms with Crippen LogP contribution in [0, 0.1) is 0 Å². The van der Waals surface area contributed by atoms with E-state index in [-0.39, 0.29) is 0 Å². The predicted molar refractivity (Wildman–Crippen MR) is 73.7 cm³/mol. The molecule has 18 heavy (non-hydrogen) atoms. The number of piperazine rings is 1. The molecule has 100 valence electrons. The minimum absolute atomic E-state index is 0.882. The van der Waals surface area contributed by atoms with Crippen LogP contribution in [0.2, 0.25) is 0 Å². The predicted octanol–water partition coefficient (Wildman–Crippen LogP) is -0.446. The summed E-state index contributed by atoms with van der Waals surface area (Å²) in [6.45, 7) is 11.1. The van der Waals surface area contributed by atoms with Gasteiger partial charge < -0.3 is 9.80 Å². The highest BCUT2D eigenvalue weighted by atomic mass is 15.3. The van der Waals surface area contributed by atoms with Gasteiger partial charge in [0.25, 0.3) is 0 Å². The molecule has 3 heteroatoms. The van der Waals surface area contributed by atoms with Crippen molar-refractivity contribution in [3.8, 4) is 0 Å². The Morgan fingerprint density at radius 3 is 2.22 bits per heavy atom. The van der Waals surface area contributed by atoms with Crippen molar-refractivity contribution in [3.63, 3.8) is 0 Å². The monoisotopic (exact) mass is 249 g/mol. The Kier molecular flexibility index (Phi) is 5.14. The van der Waals surface area contributed by atoms with Gasteiger partial charge in [-0.25, -0.2) is 0 Å². The summed E-state index contributed by atoms with van der Waals surface area (Å²) in [5.74, 6) is 0. The molecule has 0 aliphatic carbocycles. The number of hydrogen-bond donors (Lipinski definition) is 2. The molecule has 0 amide bonds. The Hall–Kier alpha value is -0.930. The third-order valence-corrected chi connectivity index (χ3v) is 4.37. The minimum atomic E-state index is 0.882. The Labute approximate surface area is 111 Å². The number of aromatic nitrogens is 1. The Morgan fingerprint density at radius 2 is 1.67 bits per heavy atom. The van der Waals surface area contributed by atoms with Gasteiger partial charge in [0.15, 0.2) is 0 Å². The zero-order valence-corrected chi connectivity index (χ0v) is 11.8. The maximum atomic E-state index is 4.08. The van der Waals surface area contributed by atoms with Crippen molar-refractivity contribution >= 4 is 0 Å². The summed E-state index contributed by atoms with van der Waals surface area (Å²) in [7, 11) is 0. The molecule has 0 bridgehead atoms. The summed E-state index contributed by atoms with van der Waals surface area (Å²) in [6.07, 6.45) is 6.46. The Morgan fingerprint density at radius 1 is 1.06 bits per heavy atom. The normalized spacial score (nSPS) is 24.4. The lowest BCUT2D eigenvalue weighted by atomic mass is 10.1. The van der Waals surface area contributed by atoms with Gasteiger partial charge in [0.2, 0.25) is 0 Å². The molecule has 0 saturated carbocycles. The highest BCUT2D eigenvalue weighted by Crippen LogP contribution is 1.93. The first-order chi connectivity index (χ1) is 8.83. The third kappa shape index (κ3) is 3.53. The topological polar surface area (TPSA) is 21.8 Å². The summed E-state index contributed by atoms with van der Waals surface area (Å²) in [4.78, 5) is 7.65. The lowest BCUT2D eigenvalue weighted by molar-refractivity contribution is -1.03. The standard InChI is InChI=1S/C15H25N3/c1-3-15(4-2)18-11-9-17(10-12-18)13-14-5-7-16-8-6-14/h5-8,15H,3-4,9-13H2,1-2H3/p+2. The number of pyridine rings is 1. The lowest BCUT2D eigenvalue weighted by Gasteiger charge is -2.34. The number of rotatable bonds is 5. The molecule has 0 unspecified atom stereocenters. The van der Waals surface area contributed by atoms with Crippen LogP contribution in [-0.4, -0.2) is 37.2 Å². The summed E-state index contributed by atoms with van der Waals surface area (Å²) in [5.41, 5.74) is 1.42. The molecule has 1 saturated heterocycles. The average molecular weight is 249 g/mol. The van der Waals surface area contributed by atoms with Crippen LogP contribution in [0.4, 0.5) is 0 Å². The number of hydrogen-bond acceptors (Lipinski definition) is 1. The first kappa shape index (κ1) is 13.5. The van der Waals surface area contributed by atoms with Crippen LogP contribution in [-0.2, 0) is 6.54 Å². The van der Waals surface area contributed by atoms with Gasteiger partial charge in [-0.1, -0.05) is 13.8 Å². The molecule has 0 aromatic carbocycles. The van der Waals surface area contributed by atoms with E-state index in [9.17, 15) is 0 Å². The van der Waals surface area contributed by atoms with Gasteiger partial charge in [-0.2, -0.15) is 0 Å². The fraction of sp³-hybridized carbons (Fsp3) is 0.667. The molecule has 1 aliphatic heterocycles. The van der Waals surface area contributed by atoms with E-state index >= 15 is 0 Å². The molecule has 1 aromatic rings. The largest absolute Gasteiger partial charge is 0.323 e. The summed E-state index contributed by atoms with van der Waals surface area (Å²) < 4.78 is 0. The quantitative estimate of drug-likeness (QED) is 0.725. The zero-order chi connectivity index (χ0) is 12.8. The minimum Gasteiger partial charge on any atom is -0.323 e. The first-order valence-electron chi connectivity index (χ1n) is 7.40. The van der Waals surface area contributed by atoms with Crippen LogP contribution >= 0.6 is 0 Å². The van der Waals surface area contributed by atoms with E-state index in [1.807, 2.05) is 17.3 Å². The van der Waals surface area contributed by atoms with Crippen molar-refractivity contribution < 1.29 is 9.80 Å². The molecule has 0 radical (unpaired) electrons. The fourth-order valence-corrected chi connectivity index (χ4v) is 3.17. The Bertz CT molecular complexity index is 327. The molecule has 3 nitrogen and oxygen atoms in total. The molecular weight excluding hydrogens is 222 g/mol. The average Bonchev–Trinajstić information content (AvgIpc) is 2.43. The van der Waals surface area contributed by atoms with E-state index in [0.717, 1.165) is 6.04 Å². The van der Waals surface area contributed by atoms with Crippen LogP contribution in [0.15, 0.2) is 24.5 Å². The van der Waals surface area contributed by atoms with Crippen molar-refractivity contribution in [2.24, 2.45) is 0 Å². The Balaban J connectivity index is 1.80. The highest BCUT2D eigenvalue weighted by molar-refractivity contribution is 5.07. The van der Waals surface area contributed by atoms with Crippen LogP contribution in [0.3, 0.4) is 0 Å². The molecule has 2 heterocycles. The van der Waals surface area contributed by atoms with E-state index < -0.39 is 0 Å². The van der Waals surface area contributed by atoms with Crippen molar-refractivity contribution in [1.29, 1.82) is 0 Å². The van der Waals surface area contributed by atoms with E-state index in [0.29, 0.717) is 0 Å². The smallest absolute Gasteiger partial charge is 0.127 e. The summed E-state index contributed by atoms with van der Waals surface area (Å²) in [6, 6.07) is 5.17. The second-order valence-electron chi connectivity index (χ2n) is 5.45. The summed E-state index contributed by atoms with van der Waals surface area (Å²) >= 11 is 0. The molecular formula is C15H27N3+2. The van der Waals surface area contributed by atoms with Gasteiger partial charge in [0.1, 0.15) is 32.7 Å². The van der Waals surface area contributed by atoms with Crippen LogP contribution in [0.5, 0.6) is 0 Å². The van der Waals surface area contributed by atoms with E-state index in [1.54, 1.807) is 4.90 Å². The third-order valence-electron chi connectivity index (χ3n) is 4.37. The molecule has 2 rings (SSSR count). The van der Waals surface area contributed by atoms with E-state index in [2.05, 4.69) is 31.0 Å². The maximum absolute atomic E-state index is 4.08.